The zero-order valence-electron chi connectivity index (χ0n) is 13.2. The van der Waals surface area contributed by atoms with Crippen molar-refractivity contribution in [1.29, 1.82) is 0 Å². The number of rotatable bonds is 5. The van der Waals surface area contributed by atoms with Gasteiger partial charge in [-0.15, -0.1) is 0 Å². The lowest BCUT2D eigenvalue weighted by atomic mass is 10.2. The summed E-state index contributed by atoms with van der Waals surface area (Å²) in [5, 5.41) is 2.18. The van der Waals surface area contributed by atoms with Gasteiger partial charge >= 0.3 is 0 Å². The lowest BCUT2D eigenvalue weighted by molar-refractivity contribution is -0.128. The highest BCUT2D eigenvalue weighted by atomic mass is 19.1. The number of aryl methyl sites for hydroxylation is 1. The minimum Gasteiger partial charge on any atom is -0.367 e. The van der Waals surface area contributed by atoms with Crippen LogP contribution in [0.5, 0.6) is 0 Å². The van der Waals surface area contributed by atoms with Crippen LogP contribution in [0, 0.1) is 19.7 Å². The van der Waals surface area contributed by atoms with Crippen molar-refractivity contribution in [2.75, 3.05) is 0 Å². The Bertz CT molecular complexity index is 815. The predicted molar refractivity (Wildman–Crippen MR) is 84.8 cm³/mol. The first-order valence-corrected chi connectivity index (χ1v) is 7.07. The molecule has 0 radical (unpaired) electrons. The van der Waals surface area contributed by atoms with Crippen LogP contribution >= 0.6 is 0 Å². The average Bonchev–Trinajstić information content (AvgIpc) is 2.80. The van der Waals surface area contributed by atoms with E-state index >= 15 is 0 Å². The number of hydrogen-bond acceptors (Lipinski definition) is 3. The third kappa shape index (κ3) is 3.12. The van der Waals surface area contributed by atoms with Gasteiger partial charge in [-0.2, -0.15) is 0 Å². The molecule has 0 atom stereocenters. The van der Waals surface area contributed by atoms with Crippen LogP contribution in [0.1, 0.15) is 21.7 Å². The summed E-state index contributed by atoms with van der Waals surface area (Å²) in [6, 6.07) is 6.03. The van der Waals surface area contributed by atoms with Gasteiger partial charge in [0.15, 0.2) is 6.04 Å². The third-order valence-corrected chi connectivity index (χ3v) is 3.61. The first-order valence-electron chi connectivity index (χ1n) is 7.07. The number of para-hydroxylation sites is 1. The maximum Gasteiger partial charge on any atom is 0.254 e. The number of nitrogens with one attached hydrogen (secondary N) is 1. The Balaban J connectivity index is 2.42. The van der Waals surface area contributed by atoms with Crippen molar-refractivity contribution in [2.24, 2.45) is 11.5 Å². The summed E-state index contributed by atoms with van der Waals surface area (Å²) in [7, 11) is 0. The molecule has 7 nitrogen and oxygen atoms in total. The van der Waals surface area contributed by atoms with Gasteiger partial charge in [0.25, 0.3) is 5.91 Å². The molecule has 0 saturated heterocycles. The smallest absolute Gasteiger partial charge is 0.254 e. The molecule has 5 N–H and O–H groups in total. The molecule has 0 saturated carbocycles. The summed E-state index contributed by atoms with van der Waals surface area (Å²) in [5.74, 6) is -3.26. The molecule has 1 aromatic carbocycles. The molecular weight excluding hydrogens is 315 g/mol. The average molecular weight is 332 g/mol. The monoisotopic (exact) mass is 332 g/mol. The van der Waals surface area contributed by atoms with Crippen LogP contribution in [0.4, 0.5) is 4.39 Å². The standard InChI is InChI=1S/C16H17FN4O3/c1-8-7-10(16(24)20-13(14(18)22)15(19)23)9(2)21(8)12-6-4-3-5-11(12)17/h3-7,13H,1-2H3,(H2,18,22)(H2,19,23)(H,20,24). The highest BCUT2D eigenvalue weighted by Gasteiger charge is 2.26. The van der Waals surface area contributed by atoms with Crippen molar-refractivity contribution in [2.45, 2.75) is 19.9 Å². The van der Waals surface area contributed by atoms with E-state index in [4.69, 9.17) is 11.5 Å². The Labute approximate surface area is 137 Å². The van der Waals surface area contributed by atoms with Crippen molar-refractivity contribution in [3.8, 4) is 5.69 Å². The van der Waals surface area contributed by atoms with E-state index in [0.29, 0.717) is 11.4 Å². The van der Waals surface area contributed by atoms with Gasteiger partial charge in [0.2, 0.25) is 11.8 Å². The molecule has 0 fully saturated rings. The Morgan fingerprint density at radius 3 is 2.25 bits per heavy atom. The molecule has 24 heavy (non-hydrogen) atoms. The molecular formula is C16H17FN4O3. The van der Waals surface area contributed by atoms with E-state index in [2.05, 4.69) is 5.32 Å². The van der Waals surface area contributed by atoms with Gasteiger partial charge in [-0.1, -0.05) is 12.1 Å². The van der Waals surface area contributed by atoms with Crippen LogP contribution in [0.25, 0.3) is 5.69 Å². The molecule has 2 aromatic rings. The van der Waals surface area contributed by atoms with Crippen LogP contribution in [0.3, 0.4) is 0 Å². The van der Waals surface area contributed by atoms with Gasteiger partial charge in [0, 0.05) is 11.4 Å². The van der Waals surface area contributed by atoms with Gasteiger partial charge in [0.1, 0.15) is 5.82 Å². The molecule has 8 heteroatoms. The van der Waals surface area contributed by atoms with E-state index in [1.807, 2.05) is 0 Å². The molecule has 2 rings (SSSR count). The summed E-state index contributed by atoms with van der Waals surface area (Å²) >= 11 is 0. The second kappa shape index (κ2) is 6.53. The van der Waals surface area contributed by atoms with Crippen molar-refractivity contribution >= 4 is 17.7 Å². The summed E-state index contributed by atoms with van der Waals surface area (Å²) < 4.78 is 15.6. The Kier molecular flexibility index (Phi) is 4.68. The van der Waals surface area contributed by atoms with Crippen LogP contribution < -0.4 is 16.8 Å². The van der Waals surface area contributed by atoms with E-state index in [1.165, 1.54) is 12.1 Å². The maximum absolute atomic E-state index is 14.0. The minimum atomic E-state index is -1.62. The lowest BCUT2D eigenvalue weighted by Crippen LogP contribution is -2.52. The number of amides is 3. The van der Waals surface area contributed by atoms with Crippen molar-refractivity contribution in [1.82, 2.24) is 9.88 Å². The second-order valence-electron chi connectivity index (χ2n) is 5.28. The number of halogens is 1. The number of carbonyl (C=O) groups excluding carboxylic acids is 3. The predicted octanol–water partition coefficient (Wildman–Crippen LogP) is 0.302. The maximum atomic E-state index is 14.0. The quantitative estimate of drug-likeness (QED) is 0.683. The topological polar surface area (TPSA) is 120 Å². The van der Waals surface area contributed by atoms with E-state index in [-0.39, 0.29) is 11.3 Å². The fraction of sp³-hybridized carbons (Fsp3) is 0.188. The number of benzene rings is 1. The first kappa shape index (κ1) is 17.2. The number of nitrogens with two attached hydrogens (primary N) is 2. The number of aromatic nitrogens is 1. The lowest BCUT2D eigenvalue weighted by Gasteiger charge is -2.13. The van der Waals surface area contributed by atoms with E-state index in [0.717, 1.165) is 0 Å². The molecule has 0 aliphatic carbocycles. The third-order valence-electron chi connectivity index (χ3n) is 3.61. The molecule has 1 aromatic heterocycles. The summed E-state index contributed by atoms with van der Waals surface area (Å²) in [4.78, 5) is 34.7. The summed E-state index contributed by atoms with van der Waals surface area (Å²) in [6.07, 6.45) is 0. The molecule has 0 unspecified atom stereocenters. The highest BCUT2D eigenvalue weighted by molar-refractivity contribution is 6.08. The molecule has 3 amide bonds. The number of carbonyl (C=O) groups is 3. The molecule has 0 bridgehead atoms. The number of hydrogen-bond donors (Lipinski definition) is 3. The fourth-order valence-electron chi connectivity index (χ4n) is 2.49. The van der Waals surface area contributed by atoms with Crippen molar-refractivity contribution < 1.29 is 18.8 Å². The summed E-state index contributed by atoms with van der Waals surface area (Å²) in [5.41, 5.74) is 11.6. The number of primary amides is 2. The van der Waals surface area contributed by atoms with Gasteiger partial charge in [-0.05, 0) is 32.0 Å². The number of nitrogens with zero attached hydrogens (tertiary/aromatic N) is 1. The van der Waals surface area contributed by atoms with Gasteiger partial charge < -0.3 is 21.4 Å². The van der Waals surface area contributed by atoms with Gasteiger partial charge in [-0.25, -0.2) is 4.39 Å². The van der Waals surface area contributed by atoms with Crippen molar-refractivity contribution in [3.63, 3.8) is 0 Å². The molecule has 126 valence electrons. The minimum absolute atomic E-state index is 0.184. The molecule has 0 aliphatic heterocycles. The van der Waals surface area contributed by atoms with E-state index in [1.54, 1.807) is 36.6 Å². The Morgan fingerprint density at radius 1 is 1.12 bits per heavy atom. The highest BCUT2D eigenvalue weighted by Crippen LogP contribution is 2.22. The SMILES string of the molecule is Cc1cc(C(=O)NC(C(N)=O)C(N)=O)c(C)n1-c1ccccc1F. The van der Waals surface area contributed by atoms with Crippen LogP contribution in [-0.4, -0.2) is 28.3 Å². The zero-order chi connectivity index (χ0) is 18.0. The molecule has 0 aliphatic rings. The molecule has 1 heterocycles. The van der Waals surface area contributed by atoms with Crippen molar-refractivity contribution in [3.05, 3.63) is 53.1 Å². The van der Waals surface area contributed by atoms with Crippen LogP contribution in [-0.2, 0) is 9.59 Å². The normalized spacial score (nSPS) is 10.7. The molecule has 0 spiro atoms. The Hall–Kier alpha value is -3.16. The first-order chi connectivity index (χ1) is 11.2. The second-order valence-corrected chi connectivity index (χ2v) is 5.28. The fourth-order valence-corrected chi connectivity index (χ4v) is 2.49. The Morgan fingerprint density at radius 2 is 1.71 bits per heavy atom. The summed E-state index contributed by atoms with van der Waals surface area (Å²) in [6.45, 7) is 3.33. The van der Waals surface area contributed by atoms with Crippen LogP contribution in [0.2, 0.25) is 0 Å². The van der Waals surface area contributed by atoms with Crippen LogP contribution in [0.15, 0.2) is 30.3 Å². The van der Waals surface area contributed by atoms with Gasteiger partial charge in [0.05, 0.1) is 11.3 Å². The van der Waals surface area contributed by atoms with Gasteiger partial charge in [-0.3, -0.25) is 14.4 Å². The van der Waals surface area contributed by atoms with E-state index < -0.39 is 29.6 Å². The zero-order valence-corrected chi connectivity index (χ0v) is 13.2. The van der Waals surface area contributed by atoms with E-state index in [9.17, 15) is 18.8 Å². The largest absolute Gasteiger partial charge is 0.367 e.